The van der Waals surface area contributed by atoms with Gasteiger partial charge in [0.25, 0.3) is 5.56 Å². The van der Waals surface area contributed by atoms with Gasteiger partial charge in [-0.1, -0.05) is 42.1 Å². The summed E-state index contributed by atoms with van der Waals surface area (Å²) in [6, 6.07) is 16.4. The minimum absolute atomic E-state index is 0.0577. The molecule has 0 saturated heterocycles. The highest BCUT2D eigenvalue weighted by atomic mass is 32.2. The van der Waals surface area contributed by atoms with E-state index in [0.29, 0.717) is 21.9 Å². The molecule has 0 aliphatic carbocycles. The van der Waals surface area contributed by atoms with Crippen LogP contribution in [-0.4, -0.2) is 26.2 Å². The lowest BCUT2D eigenvalue weighted by atomic mass is 10.1. The Kier molecular flexibility index (Phi) is 6.32. The van der Waals surface area contributed by atoms with E-state index in [-0.39, 0.29) is 29.1 Å². The summed E-state index contributed by atoms with van der Waals surface area (Å²) >= 11 is 1.16. The van der Waals surface area contributed by atoms with Gasteiger partial charge in [0, 0.05) is 6.20 Å². The van der Waals surface area contributed by atoms with Crippen LogP contribution in [-0.2, 0) is 4.79 Å². The fourth-order valence-corrected chi connectivity index (χ4v) is 4.06. The number of aryl methyl sites for hydroxylation is 1. The minimum Gasteiger partial charge on any atom is -0.349 e. The first kappa shape index (κ1) is 21.7. The van der Waals surface area contributed by atoms with Gasteiger partial charge in [-0.2, -0.15) is 0 Å². The third-order valence-electron chi connectivity index (χ3n) is 4.95. The molecule has 1 N–H and O–H groups in total. The number of hydrogen-bond donors (Lipinski definition) is 1. The van der Waals surface area contributed by atoms with Gasteiger partial charge < -0.3 is 5.32 Å². The summed E-state index contributed by atoms with van der Waals surface area (Å²) in [5, 5.41) is 3.76. The summed E-state index contributed by atoms with van der Waals surface area (Å²) < 4.78 is 14.6. The number of carbonyl (C=O) groups excluding carboxylic acids is 1. The Morgan fingerprint density at radius 3 is 2.59 bits per heavy atom. The molecule has 1 atom stereocenters. The van der Waals surface area contributed by atoms with Crippen molar-refractivity contribution in [2.45, 2.75) is 25.0 Å². The lowest BCUT2D eigenvalue weighted by Gasteiger charge is -2.15. The van der Waals surface area contributed by atoms with Crippen LogP contribution in [0.3, 0.4) is 0 Å². The molecule has 32 heavy (non-hydrogen) atoms. The first-order valence-corrected chi connectivity index (χ1v) is 11.0. The minimum atomic E-state index is -0.326. The number of nitrogens with zero attached hydrogens (tertiary/aromatic N) is 3. The summed E-state index contributed by atoms with van der Waals surface area (Å²) in [7, 11) is 0. The van der Waals surface area contributed by atoms with E-state index in [2.05, 4.69) is 15.3 Å². The van der Waals surface area contributed by atoms with Crippen molar-refractivity contribution >= 4 is 28.6 Å². The van der Waals surface area contributed by atoms with Gasteiger partial charge >= 0.3 is 0 Å². The zero-order chi connectivity index (χ0) is 22.7. The molecule has 0 spiro atoms. The maximum atomic E-state index is 13.2. The molecule has 0 radical (unpaired) electrons. The maximum absolute atomic E-state index is 13.2. The van der Waals surface area contributed by atoms with Gasteiger partial charge in [-0.05, 0) is 55.3 Å². The summed E-state index contributed by atoms with van der Waals surface area (Å²) in [4.78, 5) is 34.8. The topological polar surface area (TPSA) is 76.9 Å². The van der Waals surface area contributed by atoms with Gasteiger partial charge in [0.05, 0.1) is 22.7 Å². The average Bonchev–Trinajstić information content (AvgIpc) is 2.79. The predicted octanol–water partition coefficient (Wildman–Crippen LogP) is 4.20. The number of rotatable bonds is 6. The van der Waals surface area contributed by atoms with Crippen LogP contribution in [0.1, 0.15) is 24.1 Å². The van der Waals surface area contributed by atoms with E-state index in [4.69, 9.17) is 0 Å². The predicted molar refractivity (Wildman–Crippen MR) is 124 cm³/mol. The first-order chi connectivity index (χ1) is 15.4. The normalized spacial score (nSPS) is 12.0. The van der Waals surface area contributed by atoms with Crippen LogP contribution >= 0.6 is 11.8 Å². The standard InChI is InChI=1S/C24H21FN4O2S/c1-15-7-12-21(26-13-15)29-23(31)19-5-3-4-6-20(19)28-24(29)32-14-22(30)27-16(2)17-8-10-18(25)11-9-17/h3-13,16H,14H2,1-2H3,(H,27,30). The summed E-state index contributed by atoms with van der Waals surface area (Å²) in [5.41, 5.74) is 2.09. The van der Waals surface area contributed by atoms with Crippen LogP contribution in [0.25, 0.3) is 16.7 Å². The van der Waals surface area contributed by atoms with Crippen LogP contribution in [0.2, 0.25) is 0 Å². The van der Waals surface area contributed by atoms with Crippen LogP contribution in [0.15, 0.2) is 76.8 Å². The molecule has 1 unspecified atom stereocenters. The molecular formula is C24H21FN4O2S. The number of benzene rings is 2. The molecular weight excluding hydrogens is 427 g/mol. The second kappa shape index (κ2) is 9.32. The van der Waals surface area contributed by atoms with Gasteiger partial charge in [0.15, 0.2) is 5.16 Å². The van der Waals surface area contributed by atoms with E-state index in [1.165, 1.54) is 16.7 Å². The third kappa shape index (κ3) is 4.70. The molecule has 0 bridgehead atoms. The van der Waals surface area contributed by atoms with Crippen LogP contribution in [0, 0.1) is 12.7 Å². The van der Waals surface area contributed by atoms with Gasteiger partial charge in [0.1, 0.15) is 11.6 Å². The highest BCUT2D eigenvalue weighted by Crippen LogP contribution is 2.21. The highest BCUT2D eigenvalue weighted by molar-refractivity contribution is 7.99. The zero-order valence-electron chi connectivity index (χ0n) is 17.6. The largest absolute Gasteiger partial charge is 0.349 e. The summed E-state index contributed by atoms with van der Waals surface area (Å²) in [6.07, 6.45) is 1.68. The number of amides is 1. The Morgan fingerprint density at radius 2 is 1.88 bits per heavy atom. The van der Waals surface area contributed by atoms with E-state index >= 15 is 0 Å². The number of nitrogens with one attached hydrogen (secondary N) is 1. The van der Waals surface area contributed by atoms with Crippen molar-refractivity contribution in [3.8, 4) is 5.82 Å². The van der Waals surface area contributed by atoms with Gasteiger partial charge in [-0.3, -0.25) is 9.59 Å². The van der Waals surface area contributed by atoms with E-state index in [1.54, 1.807) is 42.6 Å². The lowest BCUT2D eigenvalue weighted by molar-refractivity contribution is -0.119. The van der Waals surface area contributed by atoms with Gasteiger partial charge in [-0.25, -0.2) is 18.9 Å². The Morgan fingerprint density at radius 1 is 1.12 bits per heavy atom. The summed E-state index contributed by atoms with van der Waals surface area (Å²) in [6.45, 7) is 3.75. The van der Waals surface area contributed by atoms with Gasteiger partial charge in [-0.15, -0.1) is 0 Å². The Hall–Kier alpha value is -3.52. The average molecular weight is 449 g/mol. The monoisotopic (exact) mass is 448 g/mol. The summed E-state index contributed by atoms with van der Waals surface area (Å²) in [5.74, 6) is -0.0469. The molecule has 4 aromatic rings. The van der Waals surface area contributed by atoms with E-state index in [9.17, 15) is 14.0 Å². The van der Waals surface area contributed by atoms with Crippen LogP contribution < -0.4 is 10.9 Å². The number of carbonyl (C=O) groups is 1. The van der Waals surface area contributed by atoms with Crippen molar-refractivity contribution in [3.05, 3.63) is 94.2 Å². The Bertz CT molecular complexity index is 1320. The highest BCUT2D eigenvalue weighted by Gasteiger charge is 2.16. The smallest absolute Gasteiger partial charge is 0.267 e. The van der Waals surface area contributed by atoms with Crippen LogP contribution in [0.5, 0.6) is 0 Å². The third-order valence-corrected chi connectivity index (χ3v) is 5.89. The second-order valence-corrected chi connectivity index (χ2v) is 8.32. The number of para-hydroxylation sites is 1. The molecule has 0 aliphatic heterocycles. The lowest BCUT2D eigenvalue weighted by Crippen LogP contribution is -2.29. The van der Waals surface area contributed by atoms with Crippen LogP contribution in [0.4, 0.5) is 4.39 Å². The first-order valence-electron chi connectivity index (χ1n) is 10.0. The van der Waals surface area contributed by atoms with Crippen molar-refractivity contribution in [3.63, 3.8) is 0 Å². The molecule has 0 fully saturated rings. The molecule has 8 heteroatoms. The Labute approximate surface area is 188 Å². The van der Waals surface area contributed by atoms with Gasteiger partial charge in [0.2, 0.25) is 5.91 Å². The maximum Gasteiger partial charge on any atom is 0.267 e. The fraction of sp³-hybridized carbons (Fsp3) is 0.167. The number of fused-ring (bicyclic) bond motifs is 1. The second-order valence-electron chi connectivity index (χ2n) is 7.38. The van der Waals surface area contributed by atoms with Crippen molar-refractivity contribution in [2.24, 2.45) is 0 Å². The van der Waals surface area contributed by atoms with Crippen molar-refractivity contribution < 1.29 is 9.18 Å². The molecule has 6 nitrogen and oxygen atoms in total. The molecule has 162 valence electrons. The number of aromatic nitrogens is 3. The van der Waals surface area contributed by atoms with E-state index < -0.39 is 0 Å². The van der Waals surface area contributed by atoms with E-state index in [0.717, 1.165) is 22.9 Å². The fourth-order valence-electron chi connectivity index (χ4n) is 3.25. The Balaban J connectivity index is 1.59. The molecule has 2 aromatic heterocycles. The van der Waals surface area contributed by atoms with E-state index in [1.807, 2.05) is 26.0 Å². The molecule has 1 amide bonds. The molecule has 2 aromatic carbocycles. The molecule has 0 saturated carbocycles. The number of pyridine rings is 1. The number of halogens is 1. The quantitative estimate of drug-likeness (QED) is 0.353. The van der Waals surface area contributed by atoms with Crippen molar-refractivity contribution in [1.29, 1.82) is 0 Å². The zero-order valence-corrected chi connectivity index (χ0v) is 18.4. The molecule has 0 aliphatic rings. The number of thioether (sulfide) groups is 1. The van der Waals surface area contributed by atoms with Crippen molar-refractivity contribution in [2.75, 3.05) is 5.75 Å². The SMILES string of the molecule is Cc1ccc(-n2c(SCC(=O)NC(C)c3ccc(F)cc3)nc3ccccc3c2=O)nc1. The number of hydrogen-bond acceptors (Lipinski definition) is 5. The molecule has 2 heterocycles. The van der Waals surface area contributed by atoms with Crippen molar-refractivity contribution in [1.82, 2.24) is 19.9 Å². The molecule has 4 rings (SSSR count).